The Kier molecular flexibility index (Phi) is 4.65. The van der Waals surface area contributed by atoms with Crippen LogP contribution in [0.5, 0.6) is 0 Å². The third kappa shape index (κ3) is 3.39. The van der Waals surface area contributed by atoms with Gasteiger partial charge in [0.15, 0.2) is 0 Å². The molecule has 0 spiro atoms. The van der Waals surface area contributed by atoms with Crippen LogP contribution in [0.25, 0.3) is 11.3 Å². The van der Waals surface area contributed by atoms with Crippen LogP contribution in [0.4, 0.5) is 0 Å². The number of nitrogens with zero attached hydrogens (tertiary/aromatic N) is 1. The van der Waals surface area contributed by atoms with Crippen LogP contribution in [0.1, 0.15) is 22.3 Å². The highest BCUT2D eigenvalue weighted by Crippen LogP contribution is 2.22. The van der Waals surface area contributed by atoms with E-state index >= 15 is 0 Å². The minimum absolute atomic E-state index is 0.299. The van der Waals surface area contributed by atoms with E-state index in [0.29, 0.717) is 18.8 Å². The highest BCUT2D eigenvalue weighted by Gasteiger charge is 2.08. The first kappa shape index (κ1) is 13.7. The van der Waals surface area contributed by atoms with Gasteiger partial charge in [-0.25, -0.2) is 9.78 Å². The van der Waals surface area contributed by atoms with Crippen LogP contribution in [-0.2, 0) is 16.1 Å². The lowest BCUT2D eigenvalue weighted by atomic mass is 10.1. The topological polar surface area (TPSA) is 48.4 Å². The van der Waals surface area contributed by atoms with Crippen LogP contribution >= 0.6 is 11.3 Å². The Bertz CT molecular complexity index is 548. The van der Waals surface area contributed by atoms with Gasteiger partial charge in [-0.3, -0.25) is 0 Å². The van der Waals surface area contributed by atoms with Crippen LogP contribution in [0.3, 0.4) is 0 Å². The molecule has 0 aliphatic heterocycles. The van der Waals surface area contributed by atoms with Gasteiger partial charge in [-0.1, -0.05) is 12.1 Å². The largest absolute Gasteiger partial charge is 0.462 e. The van der Waals surface area contributed by atoms with Crippen molar-refractivity contribution in [3.63, 3.8) is 0 Å². The third-order valence-corrected chi connectivity index (χ3v) is 3.33. The average Bonchev–Trinajstić information content (AvgIpc) is 2.88. The van der Waals surface area contributed by atoms with Crippen molar-refractivity contribution < 1.29 is 14.3 Å². The summed E-state index contributed by atoms with van der Waals surface area (Å²) in [5.74, 6) is -0.299. The molecule has 0 amide bonds. The van der Waals surface area contributed by atoms with Gasteiger partial charge in [0.25, 0.3) is 0 Å². The van der Waals surface area contributed by atoms with Crippen molar-refractivity contribution in [2.45, 2.75) is 13.5 Å². The number of ether oxygens (including phenoxy) is 2. The maximum Gasteiger partial charge on any atom is 0.338 e. The van der Waals surface area contributed by atoms with E-state index < -0.39 is 0 Å². The number of esters is 1. The number of hydrogen-bond acceptors (Lipinski definition) is 5. The summed E-state index contributed by atoms with van der Waals surface area (Å²) in [4.78, 5) is 16.0. The van der Waals surface area contributed by atoms with E-state index in [-0.39, 0.29) is 5.97 Å². The molecule has 19 heavy (non-hydrogen) atoms. The molecule has 0 bridgehead atoms. The van der Waals surface area contributed by atoms with E-state index in [1.807, 2.05) is 17.5 Å². The van der Waals surface area contributed by atoms with Gasteiger partial charge < -0.3 is 9.47 Å². The zero-order chi connectivity index (χ0) is 13.7. The number of carbonyl (C=O) groups excluding carboxylic acids is 1. The number of benzene rings is 1. The van der Waals surface area contributed by atoms with E-state index in [0.717, 1.165) is 16.3 Å². The monoisotopic (exact) mass is 277 g/mol. The Morgan fingerprint density at radius 3 is 2.68 bits per heavy atom. The summed E-state index contributed by atoms with van der Waals surface area (Å²) in [5.41, 5.74) is 2.43. The first-order valence-corrected chi connectivity index (χ1v) is 6.83. The second kappa shape index (κ2) is 6.45. The summed E-state index contributed by atoms with van der Waals surface area (Å²) in [7, 11) is 1.65. The fourth-order valence-corrected chi connectivity index (χ4v) is 2.40. The highest BCUT2D eigenvalue weighted by atomic mass is 32.1. The molecular formula is C14H15NO3S. The molecule has 4 nitrogen and oxygen atoms in total. The zero-order valence-electron chi connectivity index (χ0n) is 10.9. The average molecular weight is 277 g/mol. The molecule has 2 aromatic rings. The van der Waals surface area contributed by atoms with Crippen LogP contribution in [0, 0.1) is 0 Å². The molecule has 100 valence electrons. The highest BCUT2D eigenvalue weighted by molar-refractivity contribution is 7.09. The fraction of sp³-hybridized carbons (Fsp3) is 0.286. The molecule has 5 heteroatoms. The van der Waals surface area contributed by atoms with Gasteiger partial charge in [0.05, 0.1) is 24.5 Å². The Morgan fingerprint density at radius 1 is 1.32 bits per heavy atom. The van der Waals surface area contributed by atoms with E-state index in [1.165, 1.54) is 0 Å². The van der Waals surface area contributed by atoms with Crippen molar-refractivity contribution in [1.29, 1.82) is 0 Å². The van der Waals surface area contributed by atoms with Crippen molar-refractivity contribution >= 4 is 17.3 Å². The van der Waals surface area contributed by atoms with E-state index in [9.17, 15) is 4.79 Å². The second-order valence-corrected chi connectivity index (χ2v) is 4.80. The van der Waals surface area contributed by atoms with Gasteiger partial charge in [0, 0.05) is 18.1 Å². The lowest BCUT2D eigenvalue weighted by molar-refractivity contribution is 0.0526. The predicted octanol–water partition coefficient (Wildman–Crippen LogP) is 3.13. The quantitative estimate of drug-likeness (QED) is 0.788. The maximum atomic E-state index is 11.5. The molecule has 0 aliphatic rings. The molecule has 0 saturated carbocycles. The summed E-state index contributed by atoms with van der Waals surface area (Å²) in [6, 6.07) is 7.25. The van der Waals surface area contributed by atoms with Gasteiger partial charge >= 0.3 is 5.97 Å². The van der Waals surface area contributed by atoms with Gasteiger partial charge in [-0.15, -0.1) is 11.3 Å². The molecule has 0 fully saturated rings. The van der Waals surface area contributed by atoms with Gasteiger partial charge in [0.1, 0.15) is 5.01 Å². The second-order valence-electron chi connectivity index (χ2n) is 3.86. The third-order valence-electron chi connectivity index (χ3n) is 2.51. The lowest BCUT2D eigenvalue weighted by Crippen LogP contribution is -2.03. The molecule has 1 aromatic heterocycles. The standard InChI is InChI=1S/C14H15NO3S/c1-3-18-14(16)11-6-4-10(5-7-11)12-9-19-13(15-12)8-17-2/h4-7,9H,3,8H2,1-2H3. The molecule has 0 saturated heterocycles. The van der Waals surface area contributed by atoms with Gasteiger partial charge in [-0.2, -0.15) is 0 Å². The first-order chi connectivity index (χ1) is 9.24. The first-order valence-electron chi connectivity index (χ1n) is 5.95. The predicted molar refractivity (Wildman–Crippen MR) is 74.2 cm³/mol. The molecule has 0 N–H and O–H groups in total. The number of aromatic nitrogens is 1. The summed E-state index contributed by atoms with van der Waals surface area (Å²) < 4.78 is 9.98. The Labute approximate surface area is 116 Å². The Hall–Kier alpha value is -1.72. The van der Waals surface area contributed by atoms with E-state index in [2.05, 4.69) is 4.98 Å². The molecule has 0 atom stereocenters. The lowest BCUT2D eigenvalue weighted by Gasteiger charge is -2.02. The maximum absolute atomic E-state index is 11.5. The van der Waals surface area contributed by atoms with Crippen LogP contribution < -0.4 is 0 Å². The molecule has 2 rings (SSSR count). The van der Waals surface area contributed by atoms with E-state index in [1.54, 1.807) is 37.5 Å². The normalized spacial score (nSPS) is 10.4. The van der Waals surface area contributed by atoms with Crippen molar-refractivity contribution in [2.75, 3.05) is 13.7 Å². The summed E-state index contributed by atoms with van der Waals surface area (Å²) in [6.07, 6.45) is 0. The van der Waals surface area contributed by atoms with Gasteiger partial charge in [-0.05, 0) is 19.1 Å². The van der Waals surface area contributed by atoms with Crippen LogP contribution in [0.15, 0.2) is 29.6 Å². The summed E-state index contributed by atoms with van der Waals surface area (Å²) >= 11 is 1.56. The van der Waals surface area contributed by atoms with Crippen LogP contribution in [0.2, 0.25) is 0 Å². The number of rotatable bonds is 5. The number of hydrogen-bond donors (Lipinski definition) is 0. The molecule has 0 unspecified atom stereocenters. The van der Waals surface area contributed by atoms with Crippen molar-refractivity contribution in [3.8, 4) is 11.3 Å². The number of methoxy groups -OCH3 is 1. The zero-order valence-corrected chi connectivity index (χ0v) is 11.7. The Balaban J connectivity index is 2.15. The summed E-state index contributed by atoms with van der Waals surface area (Å²) in [5, 5.41) is 2.92. The fourth-order valence-electron chi connectivity index (χ4n) is 1.62. The Morgan fingerprint density at radius 2 is 2.05 bits per heavy atom. The number of thiazole rings is 1. The minimum atomic E-state index is -0.299. The van der Waals surface area contributed by atoms with Crippen molar-refractivity contribution in [3.05, 3.63) is 40.2 Å². The molecule has 1 aromatic carbocycles. The van der Waals surface area contributed by atoms with Gasteiger partial charge in [0.2, 0.25) is 0 Å². The van der Waals surface area contributed by atoms with E-state index in [4.69, 9.17) is 9.47 Å². The molecule has 1 heterocycles. The number of carbonyl (C=O) groups is 1. The molecule has 0 radical (unpaired) electrons. The summed E-state index contributed by atoms with van der Waals surface area (Å²) in [6.45, 7) is 2.69. The molecular weight excluding hydrogens is 262 g/mol. The minimum Gasteiger partial charge on any atom is -0.462 e. The SMILES string of the molecule is CCOC(=O)c1ccc(-c2csc(COC)n2)cc1. The van der Waals surface area contributed by atoms with Crippen LogP contribution in [-0.4, -0.2) is 24.7 Å². The molecule has 0 aliphatic carbocycles. The van der Waals surface area contributed by atoms with Crippen molar-refractivity contribution in [1.82, 2.24) is 4.98 Å². The smallest absolute Gasteiger partial charge is 0.338 e. The van der Waals surface area contributed by atoms with Crippen molar-refractivity contribution in [2.24, 2.45) is 0 Å².